The van der Waals surface area contributed by atoms with E-state index in [2.05, 4.69) is 12.2 Å². The van der Waals surface area contributed by atoms with Crippen molar-refractivity contribution in [1.29, 1.82) is 0 Å². The first kappa shape index (κ1) is 15.3. The monoisotopic (exact) mass is 288 g/mol. The summed E-state index contributed by atoms with van der Waals surface area (Å²) in [6.45, 7) is 5.53. The number of hydrogen-bond acceptors (Lipinski definition) is 3. The topological polar surface area (TPSA) is 49.4 Å². The standard InChI is InChI=1S/C14H28N2O2S/c1-2-10-16(12-13-6-5-9-15-11-13)19(17,18)14-7-3-4-8-14/h13-15H,2-12H2,1H3. The molecule has 0 aromatic rings. The van der Waals surface area contributed by atoms with Crippen molar-refractivity contribution >= 4 is 10.0 Å². The Hall–Kier alpha value is -0.130. The van der Waals surface area contributed by atoms with Gasteiger partial charge in [0, 0.05) is 13.1 Å². The molecule has 0 spiro atoms. The van der Waals surface area contributed by atoms with E-state index in [0.717, 1.165) is 58.2 Å². The Kier molecular flexibility index (Phi) is 5.66. The van der Waals surface area contributed by atoms with Crippen molar-refractivity contribution in [2.24, 2.45) is 5.92 Å². The van der Waals surface area contributed by atoms with Crippen molar-refractivity contribution in [2.45, 2.75) is 57.1 Å². The molecule has 1 aliphatic carbocycles. The molecule has 2 rings (SSSR count). The lowest BCUT2D eigenvalue weighted by molar-refractivity contribution is 0.289. The predicted octanol–water partition coefficient (Wildman–Crippen LogP) is 1.97. The van der Waals surface area contributed by atoms with Crippen LogP contribution in [0.2, 0.25) is 0 Å². The molecule has 0 radical (unpaired) electrons. The van der Waals surface area contributed by atoms with E-state index in [1.807, 2.05) is 0 Å². The lowest BCUT2D eigenvalue weighted by Gasteiger charge is -2.31. The van der Waals surface area contributed by atoms with Gasteiger partial charge in [-0.25, -0.2) is 12.7 Å². The number of hydrogen-bond donors (Lipinski definition) is 1. The first-order valence-electron chi connectivity index (χ1n) is 7.84. The zero-order valence-electron chi connectivity index (χ0n) is 12.1. The summed E-state index contributed by atoms with van der Waals surface area (Å²) < 4.78 is 27.2. The molecule has 5 heteroatoms. The second-order valence-corrected chi connectivity index (χ2v) is 8.23. The van der Waals surface area contributed by atoms with Gasteiger partial charge in [-0.05, 0) is 51.1 Å². The van der Waals surface area contributed by atoms with Crippen molar-refractivity contribution in [3.8, 4) is 0 Å². The van der Waals surface area contributed by atoms with Crippen molar-refractivity contribution in [2.75, 3.05) is 26.2 Å². The fraction of sp³-hybridized carbons (Fsp3) is 1.00. The molecule has 1 atom stereocenters. The highest BCUT2D eigenvalue weighted by molar-refractivity contribution is 7.89. The smallest absolute Gasteiger partial charge is 0.216 e. The van der Waals surface area contributed by atoms with Gasteiger partial charge in [0.2, 0.25) is 10.0 Å². The van der Waals surface area contributed by atoms with E-state index in [0.29, 0.717) is 12.5 Å². The number of rotatable bonds is 6. The molecule has 0 aromatic heterocycles. The molecule has 4 nitrogen and oxygen atoms in total. The minimum Gasteiger partial charge on any atom is -0.316 e. The lowest BCUT2D eigenvalue weighted by Crippen LogP contribution is -2.44. The van der Waals surface area contributed by atoms with E-state index in [1.54, 1.807) is 4.31 Å². The Morgan fingerprint density at radius 2 is 1.89 bits per heavy atom. The fourth-order valence-corrected chi connectivity index (χ4v) is 5.54. The van der Waals surface area contributed by atoms with E-state index in [-0.39, 0.29) is 5.25 Å². The third-order valence-electron chi connectivity index (χ3n) is 4.42. The zero-order valence-corrected chi connectivity index (χ0v) is 12.9. The Balaban J connectivity index is 2.00. The quantitative estimate of drug-likeness (QED) is 0.813. The van der Waals surface area contributed by atoms with Crippen molar-refractivity contribution in [1.82, 2.24) is 9.62 Å². The predicted molar refractivity (Wildman–Crippen MR) is 78.6 cm³/mol. The molecule has 2 aliphatic rings. The van der Waals surface area contributed by atoms with Crippen LogP contribution in [-0.4, -0.2) is 44.2 Å². The van der Waals surface area contributed by atoms with Crippen LogP contribution in [0, 0.1) is 5.92 Å². The van der Waals surface area contributed by atoms with Crippen LogP contribution in [0.15, 0.2) is 0 Å². The van der Waals surface area contributed by atoms with Gasteiger partial charge in [-0.3, -0.25) is 0 Å². The fourth-order valence-electron chi connectivity index (χ4n) is 3.34. The minimum atomic E-state index is -3.06. The Morgan fingerprint density at radius 1 is 1.16 bits per heavy atom. The van der Waals surface area contributed by atoms with Gasteiger partial charge in [-0.2, -0.15) is 0 Å². The van der Waals surface area contributed by atoms with Gasteiger partial charge in [0.1, 0.15) is 0 Å². The summed E-state index contributed by atoms with van der Waals surface area (Å²) in [6.07, 6.45) is 7.13. The molecule has 1 aliphatic heterocycles. The highest BCUT2D eigenvalue weighted by Gasteiger charge is 2.34. The molecule has 1 unspecified atom stereocenters. The molecule has 112 valence electrons. The maximum absolute atomic E-state index is 12.7. The molecule has 1 N–H and O–H groups in total. The van der Waals surface area contributed by atoms with Gasteiger partial charge in [-0.15, -0.1) is 0 Å². The van der Waals surface area contributed by atoms with E-state index in [4.69, 9.17) is 0 Å². The Morgan fingerprint density at radius 3 is 2.47 bits per heavy atom. The number of piperidine rings is 1. The maximum atomic E-state index is 12.7. The van der Waals surface area contributed by atoms with E-state index < -0.39 is 10.0 Å². The molecule has 0 bridgehead atoms. The largest absolute Gasteiger partial charge is 0.316 e. The van der Waals surface area contributed by atoms with Gasteiger partial charge in [0.05, 0.1) is 5.25 Å². The normalized spacial score (nSPS) is 26.1. The highest BCUT2D eigenvalue weighted by atomic mass is 32.2. The van der Waals surface area contributed by atoms with E-state index in [1.165, 1.54) is 6.42 Å². The van der Waals surface area contributed by atoms with E-state index in [9.17, 15) is 8.42 Å². The molecular formula is C14H28N2O2S. The average molecular weight is 288 g/mol. The van der Waals surface area contributed by atoms with Crippen LogP contribution in [0.4, 0.5) is 0 Å². The second-order valence-electron chi connectivity index (χ2n) is 6.02. The number of sulfonamides is 1. The molecule has 1 heterocycles. The third kappa shape index (κ3) is 3.92. The van der Waals surface area contributed by atoms with Crippen LogP contribution in [-0.2, 0) is 10.0 Å². The first-order valence-corrected chi connectivity index (χ1v) is 9.34. The summed E-state index contributed by atoms with van der Waals surface area (Å²) in [7, 11) is -3.06. The zero-order chi connectivity index (χ0) is 13.7. The van der Waals surface area contributed by atoms with Crippen LogP contribution in [0.1, 0.15) is 51.9 Å². The summed E-state index contributed by atoms with van der Waals surface area (Å²) in [5.41, 5.74) is 0. The van der Waals surface area contributed by atoms with Gasteiger partial charge >= 0.3 is 0 Å². The van der Waals surface area contributed by atoms with Crippen molar-refractivity contribution in [3.05, 3.63) is 0 Å². The molecule has 1 saturated carbocycles. The summed E-state index contributed by atoms with van der Waals surface area (Å²) in [5, 5.41) is 3.28. The first-order chi connectivity index (χ1) is 9.14. The van der Waals surface area contributed by atoms with Crippen LogP contribution in [0.25, 0.3) is 0 Å². The van der Waals surface area contributed by atoms with Crippen LogP contribution < -0.4 is 5.32 Å². The van der Waals surface area contributed by atoms with Gasteiger partial charge < -0.3 is 5.32 Å². The molecular weight excluding hydrogens is 260 g/mol. The van der Waals surface area contributed by atoms with Gasteiger partial charge in [0.25, 0.3) is 0 Å². The second kappa shape index (κ2) is 7.04. The van der Waals surface area contributed by atoms with Crippen LogP contribution in [0.5, 0.6) is 0 Å². The van der Waals surface area contributed by atoms with Gasteiger partial charge in [-0.1, -0.05) is 19.8 Å². The summed E-state index contributed by atoms with van der Waals surface area (Å²) >= 11 is 0. The highest BCUT2D eigenvalue weighted by Crippen LogP contribution is 2.28. The number of nitrogens with one attached hydrogen (secondary N) is 1. The Bertz CT molecular complexity index is 358. The SMILES string of the molecule is CCCN(CC1CCCNC1)S(=O)(=O)C1CCCC1. The van der Waals surface area contributed by atoms with Crippen LogP contribution >= 0.6 is 0 Å². The minimum absolute atomic E-state index is 0.101. The molecule has 19 heavy (non-hydrogen) atoms. The summed E-state index contributed by atoms with van der Waals surface area (Å²) in [5.74, 6) is 0.497. The maximum Gasteiger partial charge on any atom is 0.216 e. The van der Waals surface area contributed by atoms with Crippen LogP contribution in [0.3, 0.4) is 0 Å². The molecule has 2 fully saturated rings. The summed E-state index contributed by atoms with van der Waals surface area (Å²) in [6, 6.07) is 0. The third-order valence-corrected chi connectivity index (χ3v) is 6.78. The van der Waals surface area contributed by atoms with E-state index >= 15 is 0 Å². The molecule has 0 amide bonds. The lowest BCUT2D eigenvalue weighted by atomic mass is 10.00. The van der Waals surface area contributed by atoms with Gasteiger partial charge in [0.15, 0.2) is 0 Å². The molecule has 1 saturated heterocycles. The summed E-state index contributed by atoms with van der Waals surface area (Å²) in [4.78, 5) is 0. The van der Waals surface area contributed by atoms with Crippen molar-refractivity contribution in [3.63, 3.8) is 0 Å². The van der Waals surface area contributed by atoms with Crippen molar-refractivity contribution < 1.29 is 8.42 Å². The Labute approximate surface area is 118 Å². The molecule has 0 aromatic carbocycles. The average Bonchev–Trinajstić information content (AvgIpc) is 2.94. The number of nitrogens with zero attached hydrogens (tertiary/aromatic N) is 1.